The molecule has 33 heavy (non-hydrogen) atoms. The molecule has 4 N–H and O–H groups in total. The van der Waals surface area contributed by atoms with Gasteiger partial charge in [-0.1, -0.05) is 42.5 Å². The van der Waals surface area contributed by atoms with Crippen molar-refractivity contribution in [3.05, 3.63) is 102 Å². The molecule has 0 radical (unpaired) electrons. The lowest BCUT2D eigenvalue weighted by atomic mass is 10.0. The number of ether oxygens (including phenoxy) is 1. The monoisotopic (exact) mass is 438 g/mol. The number of nitrogens with two attached hydrogens (primary N) is 2. The van der Waals surface area contributed by atoms with E-state index in [0.29, 0.717) is 23.7 Å². The number of hydrogen-bond acceptors (Lipinski definition) is 5. The Balaban J connectivity index is 1.42. The molecule has 4 rings (SSSR count). The first-order chi connectivity index (χ1) is 16.0. The van der Waals surface area contributed by atoms with E-state index in [2.05, 4.69) is 17.1 Å². The van der Waals surface area contributed by atoms with E-state index in [4.69, 9.17) is 16.2 Å². The third-order valence-electron chi connectivity index (χ3n) is 5.42. The molecule has 1 amide bonds. The largest absolute Gasteiger partial charge is 0.493 e. The molecule has 0 aliphatic heterocycles. The minimum atomic E-state index is -0.119. The van der Waals surface area contributed by atoms with Crippen molar-refractivity contribution in [2.45, 2.75) is 6.42 Å². The number of amides is 1. The molecule has 166 valence electrons. The van der Waals surface area contributed by atoms with Crippen molar-refractivity contribution in [2.75, 3.05) is 30.0 Å². The minimum absolute atomic E-state index is 0.119. The molecule has 0 saturated carbocycles. The van der Waals surface area contributed by atoms with Crippen LogP contribution in [0.1, 0.15) is 15.9 Å². The van der Waals surface area contributed by atoms with E-state index in [-0.39, 0.29) is 5.91 Å². The van der Waals surface area contributed by atoms with Crippen molar-refractivity contribution in [3.63, 3.8) is 0 Å². The fraction of sp³-hybridized carbons (Fsp3) is 0.111. The van der Waals surface area contributed by atoms with E-state index < -0.39 is 0 Å². The highest BCUT2D eigenvalue weighted by molar-refractivity contribution is 6.06. The molecule has 1 aromatic heterocycles. The maximum atomic E-state index is 13.1. The lowest BCUT2D eigenvalue weighted by Gasteiger charge is -2.18. The minimum Gasteiger partial charge on any atom is -0.493 e. The van der Waals surface area contributed by atoms with Crippen LogP contribution in [0.4, 0.5) is 17.2 Å². The first kappa shape index (κ1) is 21.9. The molecular formula is C27H26N4O2. The highest BCUT2D eigenvalue weighted by atomic mass is 16.5. The van der Waals surface area contributed by atoms with Gasteiger partial charge >= 0.3 is 0 Å². The number of nitrogen functional groups attached to an aromatic ring is 2. The number of aromatic nitrogens is 1. The van der Waals surface area contributed by atoms with Crippen LogP contribution in [0, 0.1) is 0 Å². The number of carbonyl (C=O) groups excluding carboxylic acids is 1. The lowest BCUT2D eigenvalue weighted by molar-refractivity contribution is 0.0993. The van der Waals surface area contributed by atoms with Gasteiger partial charge in [0, 0.05) is 36.5 Å². The van der Waals surface area contributed by atoms with Crippen LogP contribution < -0.4 is 21.1 Å². The highest BCUT2D eigenvalue weighted by Gasteiger charge is 2.15. The Hall–Kier alpha value is -4.32. The summed E-state index contributed by atoms with van der Waals surface area (Å²) in [4.78, 5) is 18.8. The molecule has 0 fully saturated rings. The van der Waals surface area contributed by atoms with Gasteiger partial charge in [0.25, 0.3) is 5.91 Å². The predicted octanol–water partition coefficient (Wildman–Crippen LogP) is 4.81. The Kier molecular flexibility index (Phi) is 6.55. The van der Waals surface area contributed by atoms with Gasteiger partial charge in [-0.15, -0.1) is 0 Å². The van der Waals surface area contributed by atoms with E-state index >= 15 is 0 Å². The zero-order valence-electron chi connectivity index (χ0n) is 18.4. The Bertz CT molecular complexity index is 1240. The highest BCUT2D eigenvalue weighted by Crippen LogP contribution is 2.26. The molecule has 4 aromatic rings. The Morgan fingerprint density at radius 3 is 2.39 bits per heavy atom. The molecule has 3 aromatic carbocycles. The van der Waals surface area contributed by atoms with Crippen molar-refractivity contribution in [3.8, 4) is 16.9 Å². The molecule has 6 heteroatoms. The van der Waals surface area contributed by atoms with E-state index in [1.807, 2.05) is 60.7 Å². The maximum absolute atomic E-state index is 13.1. The van der Waals surface area contributed by atoms with Gasteiger partial charge in [-0.25, -0.2) is 4.98 Å². The molecule has 0 spiro atoms. The average Bonchev–Trinajstić information content (AvgIpc) is 2.86. The number of pyridine rings is 1. The number of hydrogen-bond donors (Lipinski definition) is 2. The second kappa shape index (κ2) is 9.87. The number of benzene rings is 3. The van der Waals surface area contributed by atoms with Gasteiger partial charge in [0.1, 0.15) is 11.6 Å². The maximum Gasteiger partial charge on any atom is 0.258 e. The average molecular weight is 439 g/mol. The molecule has 0 aliphatic carbocycles. The summed E-state index contributed by atoms with van der Waals surface area (Å²) in [5, 5.41) is 0. The SMILES string of the molecule is CN(C(=O)c1cccc(-c2cnc(N)c(N)c2)c1)c1ccc(OCCc2ccccc2)cc1. The van der Waals surface area contributed by atoms with Crippen LogP contribution in [0.25, 0.3) is 11.1 Å². The van der Waals surface area contributed by atoms with Gasteiger partial charge < -0.3 is 21.1 Å². The number of anilines is 3. The summed E-state index contributed by atoms with van der Waals surface area (Å²) in [6.45, 7) is 0.593. The molecule has 1 heterocycles. The van der Waals surface area contributed by atoms with Gasteiger partial charge in [-0.05, 0) is 53.6 Å². The topological polar surface area (TPSA) is 94.5 Å². The molecule has 0 atom stereocenters. The third-order valence-corrected chi connectivity index (χ3v) is 5.42. The van der Waals surface area contributed by atoms with E-state index in [1.54, 1.807) is 30.3 Å². The summed E-state index contributed by atoms with van der Waals surface area (Å²) in [6.07, 6.45) is 2.49. The molecule has 6 nitrogen and oxygen atoms in total. The van der Waals surface area contributed by atoms with Gasteiger partial charge in [0.15, 0.2) is 0 Å². The van der Waals surface area contributed by atoms with Crippen LogP contribution in [0.5, 0.6) is 5.75 Å². The standard InChI is InChI=1S/C27H26N4O2/c1-31(23-10-12-24(13-11-23)33-15-14-19-6-3-2-4-7-19)27(32)21-9-5-8-20(16-21)22-17-25(28)26(29)30-18-22/h2-13,16-18H,14-15,28H2,1H3,(H2,29,30). The van der Waals surface area contributed by atoms with Gasteiger partial charge in [-0.2, -0.15) is 0 Å². The van der Waals surface area contributed by atoms with Crippen LogP contribution in [0.3, 0.4) is 0 Å². The predicted molar refractivity (Wildman–Crippen MR) is 133 cm³/mol. The first-order valence-electron chi connectivity index (χ1n) is 10.7. The van der Waals surface area contributed by atoms with Gasteiger partial charge in [0.05, 0.1) is 12.3 Å². The van der Waals surface area contributed by atoms with Crippen molar-refractivity contribution in [1.29, 1.82) is 0 Å². The van der Waals surface area contributed by atoms with Crippen molar-refractivity contribution in [1.82, 2.24) is 4.98 Å². The number of rotatable bonds is 7. The summed E-state index contributed by atoms with van der Waals surface area (Å²) in [7, 11) is 1.75. The summed E-state index contributed by atoms with van der Waals surface area (Å²) < 4.78 is 5.84. The van der Waals surface area contributed by atoms with Crippen molar-refractivity contribution < 1.29 is 9.53 Å². The second-order valence-electron chi connectivity index (χ2n) is 7.72. The zero-order valence-corrected chi connectivity index (χ0v) is 18.4. The normalized spacial score (nSPS) is 10.6. The summed E-state index contributed by atoms with van der Waals surface area (Å²) in [5.74, 6) is 0.940. The first-order valence-corrected chi connectivity index (χ1v) is 10.7. The third kappa shape index (κ3) is 5.30. The van der Waals surface area contributed by atoms with E-state index in [9.17, 15) is 4.79 Å². The Labute approximate surface area is 193 Å². The molecule has 0 bridgehead atoms. The van der Waals surface area contributed by atoms with E-state index in [0.717, 1.165) is 29.0 Å². The summed E-state index contributed by atoms with van der Waals surface area (Å²) >= 11 is 0. The zero-order chi connectivity index (χ0) is 23.2. The van der Waals surface area contributed by atoms with E-state index in [1.165, 1.54) is 5.56 Å². The Morgan fingerprint density at radius 2 is 1.67 bits per heavy atom. The summed E-state index contributed by atoms with van der Waals surface area (Å²) in [5.41, 5.74) is 16.2. The smallest absolute Gasteiger partial charge is 0.258 e. The summed E-state index contributed by atoms with van der Waals surface area (Å²) in [6, 6.07) is 26.8. The molecule has 0 unspecified atom stereocenters. The molecular weight excluding hydrogens is 412 g/mol. The number of carbonyl (C=O) groups is 1. The van der Waals surface area contributed by atoms with Crippen LogP contribution in [-0.4, -0.2) is 24.5 Å². The second-order valence-corrected chi connectivity index (χ2v) is 7.72. The van der Waals surface area contributed by atoms with Gasteiger partial charge in [-0.3, -0.25) is 4.79 Å². The van der Waals surface area contributed by atoms with Crippen LogP contribution >= 0.6 is 0 Å². The fourth-order valence-corrected chi connectivity index (χ4v) is 3.49. The van der Waals surface area contributed by atoms with Crippen molar-refractivity contribution in [2.24, 2.45) is 0 Å². The Morgan fingerprint density at radius 1 is 0.909 bits per heavy atom. The molecule has 0 saturated heterocycles. The van der Waals surface area contributed by atoms with Crippen molar-refractivity contribution >= 4 is 23.1 Å². The molecule has 0 aliphatic rings. The van der Waals surface area contributed by atoms with Gasteiger partial charge in [0.2, 0.25) is 0 Å². The quantitative estimate of drug-likeness (QED) is 0.432. The van der Waals surface area contributed by atoms with Crippen LogP contribution in [-0.2, 0) is 6.42 Å². The van der Waals surface area contributed by atoms with Crippen LogP contribution in [0.15, 0.2) is 91.1 Å². The lowest BCUT2D eigenvalue weighted by Crippen LogP contribution is -2.26. The van der Waals surface area contributed by atoms with Crippen LogP contribution in [0.2, 0.25) is 0 Å². The fourth-order valence-electron chi connectivity index (χ4n) is 3.49. The number of nitrogens with zero attached hydrogens (tertiary/aromatic N) is 2.